The molecule has 1 aliphatic heterocycles. The second-order valence-electron chi connectivity index (χ2n) is 6.38. The minimum atomic E-state index is -0.435. The molecule has 0 aromatic heterocycles. The number of likely N-dealkylation sites (tertiary alicyclic amines) is 1. The van der Waals surface area contributed by atoms with E-state index in [1.807, 2.05) is 0 Å². The van der Waals surface area contributed by atoms with Gasteiger partial charge in [0.25, 0.3) is 5.91 Å². The monoisotopic (exact) mass is 344 g/mol. The molecule has 0 aliphatic carbocycles. The molecule has 1 saturated heterocycles. The van der Waals surface area contributed by atoms with Crippen LogP contribution in [0, 0.1) is 5.92 Å². The molecule has 1 aromatic carbocycles. The number of esters is 1. The Labute approximate surface area is 147 Å². The fourth-order valence-electron chi connectivity index (χ4n) is 2.77. The van der Waals surface area contributed by atoms with Crippen molar-refractivity contribution in [3.8, 4) is 0 Å². The van der Waals surface area contributed by atoms with E-state index in [0.717, 1.165) is 25.9 Å². The van der Waals surface area contributed by atoms with Gasteiger partial charge in [0.1, 0.15) is 0 Å². The maximum Gasteiger partial charge on any atom is 0.337 e. The quantitative estimate of drug-likeness (QED) is 0.673. The zero-order chi connectivity index (χ0) is 18.4. The summed E-state index contributed by atoms with van der Waals surface area (Å²) in [7, 11) is 1.31. The molecule has 1 N–H and O–H groups in total. The van der Waals surface area contributed by atoms with Crippen molar-refractivity contribution < 1.29 is 19.1 Å². The molecular formula is C19H24N2O4. The smallest absolute Gasteiger partial charge is 0.337 e. The first-order chi connectivity index (χ1) is 11.9. The van der Waals surface area contributed by atoms with Gasteiger partial charge in [-0.15, -0.1) is 0 Å². The molecule has 6 heteroatoms. The van der Waals surface area contributed by atoms with Crippen LogP contribution < -0.4 is 5.32 Å². The molecule has 2 amide bonds. The van der Waals surface area contributed by atoms with Crippen LogP contribution in [0.4, 0.5) is 5.69 Å². The second kappa shape index (κ2) is 8.46. The summed E-state index contributed by atoms with van der Waals surface area (Å²) in [6, 6.07) is 6.37. The Morgan fingerprint density at radius 1 is 1.24 bits per heavy atom. The highest BCUT2D eigenvalue weighted by molar-refractivity contribution is 6.07. The lowest BCUT2D eigenvalue weighted by Gasteiger charge is -2.30. The Kier molecular flexibility index (Phi) is 6.33. The minimum Gasteiger partial charge on any atom is -0.465 e. The van der Waals surface area contributed by atoms with Crippen molar-refractivity contribution in [1.82, 2.24) is 4.90 Å². The van der Waals surface area contributed by atoms with Crippen molar-refractivity contribution in [1.29, 1.82) is 0 Å². The fourth-order valence-corrected chi connectivity index (χ4v) is 2.77. The van der Waals surface area contributed by atoms with E-state index in [2.05, 4.69) is 17.0 Å². The van der Waals surface area contributed by atoms with Gasteiger partial charge in [-0.25, -0.2) is 4.79 Å². The summed E-state index contributed by atoms with van der Waals surface area (Å²) in [4.78, 5) is 37.7. The summed E-state index contributed by atoms with van der Waals surface area (Å²) in [6.45, 7) is 5.22. The molecule has 134 valence electrons. The number of benzene rings is 1. The van der Waals surface area contributed by atoms with Crippen LogP contribution in [-0.2, 0) is 14.3 Å². The number of carbonyl (C=O) groups excluding carboxylic acids is 3. The van der Waals surface area contributed by atoms with E-state index in [1.54, 1.807) is 36.1 Å². The Balaban J connectivity index is 1.97. The van der Waals surface area contributed by atoms with E-state index in [0.29, 0.717) is 22.7 Å². The van der Waals surface area contributed by atoms with Gasteiger partial charge < -0.3 is 15.0 Å². The SMILES string of the molecule is COC(=O)c1ccc(NC(=O)/C(C)=C/C(=O)N2CCCC(C)C2)cc1. The largest absolute Gasteiger partial charge is 0.465 e. The van der Waals surface area contributed by atoms with Gasteiger partial charge in [-0.2, -0.15) is 0 Å². The zero-order valence-electron chi connectivity index (χ0n) is 14.9. The van der Waals surface area contributed by atoms with Gasteiger partial charge in [-0.05, 0) is 49.9 Å². The van der Waals surface area contributed by atoms with Crippen molar-refractivity contribution in [2.45, 2.75) is 26.7 Å². The van der Waals surface area contributed by atoms with Crippen molar-refractivity contribution in [2.75, 3.05) is 25.5 Å². The van der Waals surface area contributed by atoms with Gasteiger partial charge in [-0.1, -0.05) is 6.92 Å². The average Bonchev–Trinajstić information content (AvgIpc) is 2.61. The van der Waals surface area contributed by atoms with Gasteiger partial charge in [-0.3, -0.25) is 9.59 Å². The van der Waals surface area contributed by atoms with E-state index in [1.165, 1.54) is 13.2 Å². The standard InChI is InChI=1S/C19H24N2O4/c1-13-5-4-10-21(12-13)17(22)11-14(2)18(23)20-16-8-6-15(7-9-16)19(24)25-3/h6-9,11,13H,4-5,10,12H2,1-3H3,(H,20,23)/b14-11+. The summed E-state index contributed by atoms with van der Waals surface area (Å²) >= 11 is 0. The van der Waals surface area contributed by atoms with Gasteiger partial charge >= 0.3 is 5.97 Å². The van der Waals surface area contributed by atoms with E-state index in [9.17, 15) is 14.4 Å². The lowest BCUT2D eigenvalue weighted by molar-refractivity contribution is -0.128. The fraction of sp³-hybridized carbons (Fsp3) is 0.421. The Morgan fingerprint density at radius 3 is 2.52 bits per heavy atom. The lowest BCUT2D eigenvalue weighted by Crippen LogP contribution is -2.38. The third-order valence-electron chi connectivity index (χ3n) is 4.23. The van der Waals surface area contributed by atoms with Crippen LogP contribution in [0.3, 0.4) is 0 Å². The molecule has 1 fully saturated rings. The van der Waals surface area contributed by atoms with E-state index in [4.69, 9.17) is 0 Å². The van der Waals surface area contributed by atoms with Crippen molar-refractivity contribution in [2.24, 2.45) is 5.92 Å². The molecule has 1 atom stereocenters. The summed E-state index contributed by atoms with van der Waals surface area (Å²) in [5, 5.41) is 2.71. The van der Waals surface area contributed by atoms with Gasteiger partial charge in [0.2, 0.25) is 5.91 Å². The molecule has 1 aromatic rings. The van der Waals surface area contributed by atoms with E-state index < -0.39 is 5.97 Å². The molecule has 2 rings (SSSR count). The lowest BCUT2D eigenvalue weighted by atomic mass is 10.0. The number of nitrogens with zero attached hydrogens (tertiary/aromatic N) is 1. The number of hydrogen-bond acceptors (Lipinski definition) is 4. The number of anilines is 1. The maximum absolute atomic E-state index is 12.3. The maximum atomic E-state index is 12.3. The summed E-state index contributed by atoms with van der Waals surface area (Å²) < 4.78 is 4.63. The van der Waals surface area contributed by atoms with Crippen LogP contribution in [0.25, 0.3) is 0 Å². The van der Waals surface area contributed by atoms with Crippen LogP contribution >= 0.6 is 0 Å². The molecule has 0 spiro atoms. The number of rotatable bonds is 4. The van der Waals surface area contributed by atoms with E-state index >= 15 is 0 Å². The van der Waals surface area contributed by atoms with Crippen LogP contribution in [0.15, 0.2) is 35.9 Å². The third-order valence-corrected chi connectivity index (χ3v) is 4.23. The molecule has 1 unspecified atom stereocenters. The zero-order valence-corrected chi connectivity index (χ0v) is 14.9. The van der Waals surface area contributed by atoms with Crippen molar-refractivity contribution >= 4 is 23.5 Å². The highest BCUT2D eigenvalue weighted by Crippen LogP contribution is 2.16. The third kappa shape index (κ3) is 5.17. The summed E-state index contributed by atoms with van der Waals surface area (Å²) in [5.41, 5.74) is 1.30. The van der Waals surface area contributed by atoms with E-state index in [-0.39, 0.29) is 11.8 Å². The molecule has 0 radical (unpaired) electrons. The van der Waals surface area contributed by atoms with Crippen molar-refractivity contribution in [3.05, 3.63) is 41.5 Å². The highest BCUT2D eigenvalue weighted by atomic mass is 16.5. The second-order valence-corrected chi connectivity index (χ2v) is 6.38. The topological polar surface area (TPSA) is 75.7 Å². The van der Waals surface area contributed by atoms with Crippen LogP contribution in [0.1, 0.15) is 37.0 Å². The first kappa shape index (κ1) is 18.7. The summed E-state index contributed by atoms with van der Waals surface area (Å²) in [6.07, 6.45) is 3.52. The van der Waals surface area contributed by atoms with Gasteiger partial charge in [0.05, 0.1) is 12.7 Å². The van der Waals surface area contributed by atoms with Crippen molar-refractivity contribution in [3.63, 3.8) is 0 Å². The van der Waals surface area contributed by atoms with Gasteiger partial charge in [0.15, 0.2) is 0 Å². The first-order valence-corrected chi connectivity index (χ1v) is 8.37. The first-order valence-electron chi connectivity index (χ1n) is 8.37. The molecule has 1 heterocycles. The molecular weight excluding hydrogens is 320 g/mol. The molecule has 1 aliphatic rings. The minimum absolute atomic E-state index is 0.125. The predicted molar refractivity (Wildman–Crippen MR) is 95.1 cm³/mol. The average molecular weight is 344 g/mol. The van der Waals surface area contributed by atoms with Crippen LogP contribution in [0.2, 0.25) is 0 Å². The number of carbonyl (C=O) groups is 3. The molecule has 6 nitrogen and oxygen atoms in total. The van der Waals surface area contributed by atoms with Gasteiger partial charge in [0, 0.05) is 30.4 Å². The normalized spacial score (nSPS) is 17.8. The molecule has 25 heavy (non-hydrogen) atoms. The van der Waals surface area contributed by atoms with Crippen LogP contribution in [0.5, 0.6) is 0 Å². The highest BCUT2D eigenvalue weighted by Gasteiger charge is 2.20. The Morgan fingerprint density at radius 2 is 1.92 bits per heavy atom. The number of hydrogen-bond donors (Lipinski definition) is 1. The number of methoxy groups -OCH3 is 1. The number of amides is 2. The Bertz CT molecular complexity index is 679. The summed E-state index contributed by atoms with van der Waals surface area (Å²) in [5.74, 6) is -0.409. The number of nitrogens with one attached hydrogen (secondary N) is 1. The van der Waals surface area contributed by atoms with Crippen LogP contribution in [-0.4, -0.2) is 42.9 Å². The molecule has 0 saturated carbocycles. The number of piperidine rings is 1. The number of ether oxygens (including phenoxy) is 1. The molecule has 0 bridgehead atoms. The Hall–Kier alpha value is -2.63. The predicted octanol–water partition coefficient (Wildman–Crippen LogP) is 2.62.